The quantitative estimate of drug-likeness (QED) is 0.510. The number of methoxy groups -OCH3 is 1. The maximum atomic E-state index is 13.4. The summed E-state index contributed by atoms with van der Waals surface area (Å²) in [6.45, 7) is 2.96. The van der Waals surface area contributed by atoms with Crippen molar-refractivity contribution in [1.29, 1.82) is 0 Å². The Bertz CT molecular complexity index is 1190. The SMILES string of the molecule is CCN1C(=O)[C@H]2[C@@H](c3ccc(-c4ccc5c(c4)OCO5)cc3)N3CCC[C@@]3(C(=O)OC)[C@H]2C1=O. The van der Waals surface area contributed by atoms with Crippen LogP contribution >= 0.6 is 0 Å². The Morgan fingerprint density at radius 1 is 1.06 bits per heavy atom. The fourth-order valence-corrected chi connectivity index (χ4v) is 6.52. The maximum absolute atomic E-state index is 13.4. The molecule has 0 aromatic heterocycles. The van der Waals surface area contributed by atoms with Crippen LogP contribution in [0.15, 0.2) is 42.5 Å². The van der Waals surface area contributed by atoms with Gasteiger partial charge in [0.25, 0.3) is 0 Å². The Hall–Kier alpha value is -3.39. The van der Waals surface area contributed by atoms with E-state index in [9.17, 15) is 14.4 Å². The fourth-order valence-electron chi connectivity index (χ4n) is 6.52. The van der Waals surface area contributed by atoms with Crippen LogP contribution in [0.3, 0.4) is 0 Å². The highest BCUT2D eigenvalue weighted by atomic mass is 16.7. The van der Waals surface area contributed by atoms with Crippen LogP contribution < -0.4 is 9.47 Å². The molecule has 176 valence electrons. The molecule has 0 saturated carbocycles. The zero-order valence-electron chi connectivity index (χ0n) is 19.2. The van der Waals surface area contributed by atoms with Crippen molar-refractivity contribution in [3.8, 4) is 22.6 Å². The van der Waals surface area contributed by atoms with Gasteiger partial charge < -0.3 is 14.2 Å². The number of imide groups is 1. The molecule has 0 N–H and O–H groups in total. The van der Waals surface area contributed by atoms with Gasteiger partial charge in [-0.3, -0.25) is 24.2 Å². The summed E-state index contributed by atoms with van der Waals surface area (Å²) in [6, 6.07) is 13.5. The van der Waals surface area contributed by atoms with Crippen molar-refractivity contribution >= 4 is 17.8 Å². The average Bonchev–Trinajstić information content (AvgIpc) is 3.60. The summed E-state index contributed by atoms with van der Waals surface area (Å²) >= 11 is 0. The predicted octanol–water partition coefficient (Wildman–Crippen LogP) is 2.77. The molecule has 0 spiro atoms. The lowest BCUT2D eigenvalue weighted by molar-refractivity contribution is -0.159. The number of nitrogens with zero attached hydrogens (tertiary/aromatic N) is 2. The zero-order chi connectivity index (χ0) is 23.6. The van der Waals surface area contributed by atoms with E-state index in [-0.39, 0.29) is 24.6 Å². The second kappa shape index (κ2) is 7.56. The van der Waals surface area contributed by atoms with Gasteiger partial charge in [-0.1, -0.05) is 30.3 Å². The first-order valence-corrected chi connectivity index (χ1v) is 11.7. The summed E-state index contributed by atoms with van der Waals surface area (Å²) in [5, 5.41) is 0. The number of carbonyl (C=O) groups excluding carboxylic acids is 3. The van der Waals surface area contributed by atoms with Crippen molar-refractivity contribution in [2.24, 2.45) is 11.8 Å². The van der Waals surface area contributed by atoms with Crippen molar-refractivity contribution in [2.45, 2.75) is 31.3 Å². The first-order chi connectivity index (χ1) is 16.5. The van der Waals surface area contributed by atoms with Gasteiger partial charge in [0.1, 0.15) is 5.54 Å². The second-order valence-electron chi connectivity index (χ2n) is 9.27. The number of amides is 2. The number of benzene rings is 2. The van der Waals surface area contributed by atoms with Crippen LogP contribution in [0, 0.1) is 11.8 Å². The van der Waals surface area contributed by atoms with E-state index in [4.69, 9.17) is 14.2 Å². The largest absolute Gasteiger partial charge is 0.468 e. The lowest BCUT2D eigenvalue weighted by Crippen LogP contribution is -2.54. The standard InChI is InChI=1S/C26H26N2O6/c1-3-27-23(29)20-21(24(27)30)26(25(31)32-2)11-4-12-28(26)22(20)16-7-5-15(6-8-16)17-9-10-18-19(13-17)34-14-33-18/h5-10,13,20-22H,3-4,11-12,14H2,1-2H3/t20-,21-,22-,26+/m1/s1. The van der Waals surface area contributed by atoms with E-state index >= 15 is 0 Å². The van der Waals surface area contributed by atoms with Crippen LogP contribution in [-0.2, 0) is 19.1 Å². The van der Waals surface area contributed by atoms with Gasteiger partial charge in [-0.05, 0) is 55.1 Å². The number of carbonyl (C=O) groups is 3. The highest BCUT2D eigenvalue weighted by Gasteiger charge is 2.73. The van der Waals surface area contributed by atoms with Crippen LogP contribution in [0.25, 0.3) is 11.1 Å². The van der Waals surface area contributed by atoms with E-state index in [1.807, 2.05) is 42.5 Å². The summed E-state index contributed by atoms with van der Waals surface area (Å²) in [6.07, 6.45) is 1.29. The van der Waals surface area contributed by atoms with Crippen LogP contribution in [0.5, 0.6) is 11.5 Å². The van der Waals surface area contributed by atoms with Gasteiger partial charge in [-0.2, -0.15) is 0 Å². The Kier molecular flexibility index (Phi) is 4.71. The topological polar surface area (TPSA) is 85.4 Å². The van der Waals surface area contributed by atoms with Crippen molar-refractivity contribution < 1.29 is 28.6 Å². The molecule has 4 aliphatic rings. The maximum Gasteiger partial charge on any atom is 0.327 e. The Morgan fingerprint density at radius 3 is 2.53 bits per heavy atom. The molecular weight excluding hydrogens is 436 g/mol. The van der Waals surface area contributed by atoms with Crippen molar-refractivity contribution in [1.82, 2.24) is 9.80 Å². The molecular formula is C26H26N2O6. The minimum Gasteiger partial charge on any atom is -0.468 e. The van der Waals surface area contributed by atoms with E-state index in [0.29, 0.717) is 19.5 Å². The van der Waals surface area contributed by atoms with E-state index in [1.165, 1.54) is 12.0 Å². The normalized spacial score (nSPS) is 29.5. The highest BCUT2D eigenvalue weighted by molar-refractivity contribution is 6.09. The molecule has 8 nitrogen and oxygen atoms in total. The number of esters is 1. The molecule has 8 heteroatoms. The molecule has 2 aromatic rings. The molecule has 6 rings (SSSR count). The van der Waals surface area contributed by atoms with Gasteiger partial charge >= 0.3 is 5.97 Å². The molecule has 0 bridgehead atoms. The van der Waals surface area contributed by atoms with E-state index in [2.05, 4.69) is 4.90 Å². The molecule has 2 amide bonds. The smallest absolute Gasteiger partial charge is 0.327 e. The summed E-state index contributed by atoms with van der Waals surface area (Å²) in [7, 11) is 1.36. The number of rotatable bonds is 4. The summed E-state index contributed by atoms with van der Waals surface area (Å²) in [5.41, 5.74) is 1.83. The third-order valence-electron chi connectivity index (χ3n) is 7.92. The third kappa shape index (κ3) is 2.66. The van der Waals surface area contributed by atoms with Gasteiger partial charge in [-0.15, -0.1) is 0 Å². The monoisotopic (exact) mass is 462 g/mol. The van der Waals surface area contributed by atoms with Gasteiger partial charge in [0.2, 0.25) is 18.6 Å². The number of fused-ring (bicyclic) bond motifs is 4. The summed E-state index contributed by atoms with van der Waals surface area (Å²) in [4.78, 5) is 43.3. The van der Waals surface area contributed by atoms with Crippen LogP contribution in [0.4, 0.5) is 0 Å². The van der Waals surface area contributed by atoms with Crippen LogP contribution in [-0.4, -0.2) is 60.1 Å². The van der Waals surface area contributed by atoms with Crippen LogP contribution in [0.2, 0.25) is 0 Å². The van der Waals surface area contributed by atoms with Crippen molar-refractivity contribution in [3.63, 3.8) is 0 Å². The molecule has 3 fully saturated rings. The Morgan fingerprint density at radius 2 is 1.79 bits per heavy atom. The summed E-state index contributed by atoms with van der Waals surface area (Å²) < 4.78 is 16.1. The van der Waals surface area contributed by atoms with Crippen molar-refractivity contribution in [3.05, 3.63) is 48.0 Å². The van der Waals surface area contributed by atoms with E-state index in [0.717, 1.165) is 34.6 Å². The Balaban J connectivity index is 1.41. The summed E-state index contributed by atoms with van der Waals surface area (Å²) in [5.74, 6) is -0.727. The van der Waals surface area contributed by atoms with Gasteiger partial charge in [0.15, 0.2) is 11.5 Å². The van der Waals surface area contributed by atoms with E-state index < -0.39 is 23.3 Å². The third-order valence-corrected chi connectivity index (χ3v) is 7.92. The first kappa shape index (κ1) is 21.2. The van der Waals surface area contributed by atoms with Crippen molar-refractivity contribution in [2.75, 3.05) is 27.0 Å². The molecule has 4 aliphatic heterocycles. The number of ether oxygens (including phenoxy) is 3. The van der Waals surface area contributed by atoms with Gasteiger partial charge in [0.05, 0.1) is 18.9 Å². The predicted molar refractivity (Wildman–Crippen MR) is 121 cm³/mol. The lowest BCUT2D eigenvalue weighted by atomic mass is 9.77. The molecule has 4 atom stereocenters. The first-order valence-electron chi connectivity index (χ1n) is 11.7. The Labute approximate surface area is 197 Å². The molecule has 3 saturated heterocycles. The zero-order valence-corrected chi connectivity index (χ0v) is 19.2. The highest BCUT2D eigenvalue weighted by Crippen LogP contribution is 2.59. The second-order valence-corrected chi connectivity index (χ2v) is 9.27. The van der Waals surface area contributed by atoms with Crippen LogP contribution in [0.1, 0.15) is 31.4 Å². The average molecular weight is 463 g/mol. The molecule has 0 radical (unpaired) electrons. The molecule has 2 aromatic carbocycles. The minimum atomic E-state index is -1.09. The number of hydrogen-bond donors (Lipinski definition) is 0. The minimum absolute atomic E-state index is 0.194. The fraction of sp³-hybridized carbons (Fsp3) is 0.423. The molecule has 0 unspecified atom stereocenters. The molecule has 4 heterocycles. The number of likely N-dealkylation sites (tertiary alicyclic amines) is 1. The van der Waals surface area contributed by atoms with E-state index in [1.54, 1.807) is 6.92 Å². The molecule has 34 heavy (non-hydrogen) atoms. The van der Waals surface area contributed by atoms with Gasteiger partial charge in [0, 0.05) is 12.6 Å². The lowest BCUT2D eigenvalue weighted by Gasteiger charge is -2.36. The number of hydrogen-bond acceptors (Lipinski definition) is 7. The molecule has 0 aliphatic carbocycles. The van der Waals surface area contributed by atoms with Gasteiger partial charge in [-0.25, -0.2) is 0 Å².